The summed E-state index contributed by atoms with van der Waals surface area (Å²) in [5, 5.41) is 3.09. The van der Waals surface area contributed by atoms with Crippen LogP contribution in [-0.4, -0.2) is 50.0 Å². The van der Waals surface area contributed by atoms with Crippen LogP contribution in [0.5, 0.6) is 0 Å². The van der Waals surface area contributed by atoms with Crippen LogP contribution in [0, 0.1) is 20.8 Å². The molecule has 42 heavy (non-hydrogen) atoms. The van der Waals surface area contributed by atoms with Crippen molar-refractivity contribution in [2.75, 3.05) is 17.1 Å². The Hall–Kier alpha value is -3.65. The Labute approximate surface area is 252 Å². The summed E-state index contributed by atoms with van der Waals surface area (Å²) >= 11 is 0. The van der Waals surface area contributed by atoms with E-state index >= 15 is 0 Å². The molecule has 0 heterocycles. The second-order valence-corrected chi connectivity index (χ2v) is 13.1. The molecule has 0 saturated carbocycles. The number of hydrogen-bond acceptors (Lipinski definition) is 4. The number of carbonyl (C=O) groups is 2. The van der Waals surface area contributed by atoms with E-state index in [4.69, 9.17) is 0 Å². The zero-order valence-electron chi connectivity index (χ0n) is 25.8. The number of aryl methyl sites for hydroxylation is 2. The number of sulfonamides is 1. The predicted molar refractivity (Wildman–Crippen MR) is 171 cm³/mol. The van der Waals surface area contributed by atoms with Gasteiger partial charge >= 0.3 is 0 Å². The standard InChI is InChI=1S/C34H45N3O4S/c1-7-27(4)35-34(39)32(23-29-14-9-8-10-15-29)36(24-30-20-18-25(2)19-21-30)33(38)17-12-22-37(42(6,40)41)31-16-11-13-26(3)28(31)5/h8-11,13-16,18-21,27,32H,7,12,17,22-24H2,1-6H3,(H,35,39). The summed E-state index contributed by atoms with van der Waals surface area (Å²) in [5.74, 6) is -0.382. The fourth-order valence-electron chi connectivity index (χ4n) is 4.87. The highest BCUT2D eigenvalue weighted by molar-refractivity contribution is 7.92. The van der Waals surface area contributed by atoms with Crippen LogP contribution in [0.2, 0.25) is 0 Å². The quantitative estimate of drug-likeness (QED) is 0.260. The molecule has 0 aliphatic carbocycles. The highest BCUT2D eigenvalue weighted by Crippen LogP contribution is 2.26. The van der Waals surface area contributed by atoms with Crippen molar-refractivity contribution in [3.8, 4) is 0 Å². The molecule has 3 rings (SSSR count). The zero-order valence-corrected chi connectivity index (χ0v) is 26.6. The molecule has 0 aliphatic rings. The van der Waals surface area contributed by atoms with E-state index in [1.54, 1.807) is 11.0 Å². The molecule has 2 amide bonds. The number of benzene rings is 3. The van der Waals surface area contributed by atoms with E-state index < -0.39 is 16.1 Å². The molecular formula is C34H45N3O4S. The maximum absolute atomic E-state index is 14.0. The summed E-state index contributed by atoms with van der Waals surface area (Å²) in [6.07, 6.45) is 2.75. The molecule has 0 aromatic heterocycles. The van der Waals surface area contributed by atoms with Crippen molar-refractivity contribution in [3.05, 3.63) is 101 Å². The Bertz CT molecular complexity index is 1440. The summed E-state index contributed by atoms with van der Waals surface area (Å²) in [5.41, 5.74) is 5.51. The first-order valence-corrected chi connectivity index (χ1v) is 16.5. The molecular weight excluding hydrogens is 546 g/mol. The van der Waals surface area contributed by atoms with Gasteiger partial charge in [0.25, 0.3) is 0 Å². The van der Waals surface area contributed by atoms with Crippen molar-refractivity contribution in [3.63, 3.8) is 0 Å². The average Bonchev–Trinajstić information content (AvgIpc) is 2.95. The van der Waals surface area contributed by atoms with Crippen LogP contribution >= 0.6 is 0 Å². The summed E-state index contributed by atoms with van der Waals surface area (Å²) in [6.45, 7) is 10.3. The van der Waals surface area contributed by atoms with Gasteiger partial charge in [0.1, 0.15) is 6.04 Å². The normalized spacial score (nSPS) is 12.8. The third-order valence-electron chi connectivity index (χ3n) is 7.74. The van der Waals surface area contributed by atoms with Gasteiger partial charge in [-0.15, -0.1) is 0 Å². The van der Waals surface area contributed by atoms with Gasteiger partial charge in [-0.25, -0.2) is 8.42 Å². The maximum Gasteiger partial charge on any atom is 0.243 e. The minimum Gasteiger partial charge on any atom is -0.352 e. The largest absolute Gasteiger partial charge is 0.352 e. The number of rotatable bonds is 14. The third-order valence-corrected chi connectivity index (χ3v) is 8.92. The Morgan fingerprint density at radius 2 is 1.55 bits per heavy atom. The SMILES string of the molecule is CCC(C)NC(=O)C(Cc1ccccc1)N(Cc1ccc(C)cc1)C(=O)CCCN(c1cccc(C)c1C)S(C)(=O)=O. The zero-order chi connectivity index (χ0) is 30.9. The van der Waals surface area contributed by atoms with Gasteiger partial charge < -0.3 is 10.2 Å². The fourth-order valence-corrected chi connectivity index (χ4v) is 5.89. The Kier molecular flexibility index (Phi) is 11.7. The molecule has 8 heteroatoms. The van der Waals surface area contributed by atoms with Crippen molar-refractivity contribution in [1.29, 1.82) is 0 Å². The monoisotopic (exact) mass is 591 g/mol. The molecule has 1 N–H and O–H groups in total. The Balaban J connectivity index is 1.90. The van der Waals surface area contributed by atoms with Crippen LogP contribution in [0.3, 0.4) is 0 Å². The highest BCUT2D eigenvalue weighted by Gasteiger charge is 2.31. The minimum atomic E-state index is -3.57. The lowest BCUT2D eigenvalue weighted by atomic mass is 10.0. The van der Waals surface area contributed by atoms with E-state index in [0.29, 0.717) is 18.5 Å². The van der Waals surface area contributed by atoms with Crippen LogP contribution in [0.15, 0.2) is 72.8 Å². The molecule has 3 aromatic rings. The fraction of sp³-hybridized carbons (Fsp3) is 0.412. The molecule has 7 nitrogen and oxygen atoms in total. The number of hydrogen-bond donors (Lipinski definition) is 1. The molecule has 0 fully saturated rings. The van der Waals surface area contributed by atoms with Crippen molar-refractivity contribution >= 4 is 27.5 Å². The molecule has 0 bridgehead atoms. The summed E-state index contributed by atoms with van der Waals surface area (Å²) in [4.78, 5) is 29.3. The van der Waals surface area contributed by atoms with E-state index in [2.05, 4.69) is 5.32 Å². The predicted octanol–water partition coefficient (Wildman–Crippen LogP) is 5.71. The second-order valence-electron chi connectivity index (χ2n) is 11.2. The van der Waals surface area contributed by atoms with E-state index in [-0.39, 0.29) is 37.4 Å². The van der Waals surface area contributed by atoms with Crippen LogP contribution < -0.4 is 9.62 Å². The van der Waals surface area contributed by atoms with Gasteiger partial charge in [0.15, 0.2) is 0 Å². The molecule has 226 valence electrons. The minimum absolute atomic E-state index is 0.0343. The molecule has 0 radical (unpaired) electrons. The molecule has 2 atom stereocenters. The van der Waals surface area contributed by atoms with E-state index in [0.717, 1.165) is 34.2 Å². The molecule has 2 unspecified atom stereocenters. The van der Waals surface area contributed by atoms with Gasteiger partial charge in [0.05, 0.1) is 11.9 Å². The summed E-state index contributed by atoms with van der Waals surface area (Å²) in [6, 6.07) is 22.5. The number of carbonyl (C=O) groups excluding carboxylic acids is 2. The molecule has 0 aliphatic heterocycles. The lowest BCUT2D eigenvalue weighted by molar-refractivity contribution is -0.141. The lowest BCUT2D eigenvalue weighted by Gasteiger charge is -2.33. The van der Waals surface area contributed by atoms with Gasteiger partial charge in [-0.3, -0.25) is 13.9 Å². The van der Waals surface area contributed by atoms with Crippen LogP contribution in [0.1, 0.15) is 60.9 Å². The van der Waals surface area contributed by atoms with Crippen LogP contribution in [0.4, 0.5) is 5.69 Å². The van der Waals surface area contributed by atoms with Gasteiger partial charge in [-0.05, 0) is 68.9 Å². The summed E-state index contributed by atoms with van der Waals surface area (Å²) in [7, 11) is -3.57. The van der Waals surface area contributed by atoms with Gasteiger partial charge in [-0.2, -0.15) is 0 Å². The van der Waals surface area contributed by atoms with Crippen molar-refractivity contribution in [2.45, 2.75) is 78.9 Å². The second kappa shape index (κ2) is 15.0. The van der Waals surface area contributed by atoms with E-state index in [1.165, 1.54) is 10.6 Å². The maximum atomic E-state index is 14.0. The number of anilines is 1. The first-order chi connectivity index (χ1) is 19.9. The van der Waals surface area contributed by atoms with Crippen molar-refractivity contribution in [2.24, 2.45) is 0 Å². The third kappa shape index (κ3) is 9.18. The number of nitrogens with zero attached hydrogens (tertiary/aromatic N) is 2. The molecule has 0 saturated heterocycles. The molecule has 0 spiro atoms. The smallest absolute Gasteiger partial charge is 0.243 e. The van der Waals surface area contributed by atoms with E-state index in [9.17, 15) is 18.0 Å². The highest BCUT2D eigenvalue weighted by atomic mass is 32.2. The first kappa shape index (κ1) is 32.9. The van der Waals surface area contributed by atoms with Gasteiger partial charge in [-0.1, -0.05) is 79.2 Å². The van der Waals surface area contributed by atoms with Crippen LogP contribution in [-0.2, 0) is 32.6 Å². The van der Waals surface area contributed by atoms with Gasteiger partial charge in [0, 0.05) is 32.0 Å². The number of nitrogens with one attached hydrogen (secondary N) is 1. The van der Waals surface area contributed by atoms with Crippen molar-refractivity contribution in [1.82, 2.24) is 10.2 Å². The number of amides is 2. The lowest BCUT2D eigenvalue weighted by Crippen LogP contribution is -2.52. The first-order valence-electron chi connectivity index (χ1n) is 14.6. The Morgan fingerprint density at radius 1 is 0.881 bits per heavy atom. The topological polar surface area (TPSA) is 86.8 Å². The summed E-state index contributed by atoms with van der Waals surface area (Å²) < 4.78 is 26.9. The van der Waals surface area contributed by atoms with Crippen molar-refractivity contribution < 1.29 is 18.0 Å². The Morgan fingerprint density at radius 3 is 2.17 bits per heavy atom. The van der Waals surface area contributed by atoms with Crippen LogP contribution in [0.25, 0.3) is 0 Å². The van der Waals surface area contributed by atoms with E-state index in [1.807, 2.05) is 101 Å². The van der Waals surface area contributed by atoms with Gasteiger partial charge in [0.2, 0.25) is 21.8 Å². The average molecular weight is 592 g/mol. The molecule has 3 aromatic carbocycles.